The van der Waals surface area contributed by atoms with Crippen LogP contribution in [0.4, 0.5) is 11.5 Å². The molecule has 4 aromatic rings. The summed E-state index contributed by atoms with van der Waals surface area (Å²) in [6.45, 7) is -0.283. The number of halogens is 1. The van der Waals surface area contributed by atoms with Gasteiger partial charge in [0.15, 0.2) is 11.4 Å². The lowest BCUT2D eigenvalue weighted by molar-refractivity contribution is -0.135. The van der Waals surface area contributed by atoms with Crippen LogP contribution in [-0.2, 0) is 4.79 Å². The Morgan fingerprint density at radius 1 is 1.14 bits per heavy atom. The van der Waals surface area contributed by atoms with Crippen LogP contribution in [0.1, 0.15) is 5.56 Å². The number of nitrogens with zero attached hydrogens (tertiary/aromatic N) is 2. The molecule has 0 aliphatic carbocycles. The summed E-state index contributed by atoms with van der Waals surface area (Å²) in [4.78, 5) is 14.5. The Bertz CT molecular complexity index is 1200. The molecule has 3 aromatic carbocycles. The van der Waals surface area contributed by atoms with E-state index in [4.69, 9.17) is 21.2 Å². The minimum absolute atomic E-state index is 0.283. The fourth-order valence-electron chi connectivity index (χ4n) is 2.95. The molecule has 0 fully saturated rings. The highest BCUT2D eigenvalue weighted by Gasteiger charge is 2.13. The Morgan fingerprint density at radius 3 is 2.76 bits per heavy atom. The lowest BCUT2D eigenvalue weighted by atomic mass is 10.0. The molecule has 144 valence electrons. The summed E-state index contributed by atoms with van der Waals surface area (Å²) in [7, 11) is 0. The zero-order valence-electron chi connectivity index (χ0n) is 15.2. The number of aromatic nitrogens is 1. The first-order chi connectivity index (χ1) is 14.1. The first kappa shape index (κ1) is 18.7. The van der Waals surface area contributed by atoms with E-state index in [0.29, 0.717) is 22.1 Å². The van der Waals surface area contributed by atoms with Gasteiger partial charge in [0.05, 0.1) is 16.1 Å². The normalized spacial score (nSPS) is 11.2. The van der Waals surface area contributed by atoms with E-state index in [1.54, 1.807) is 12.1 Å². The number of carbonyl (C=O) groups is 1. The smallest absolute Gasteiger partial charge is 0.325 e. The van der Waals surface area contributed by atoms with Crippen molar-refractivity contribution in [3.8, 4) is 11.1 Å². The van der Waals surface area contributed by atoms with Gasteiger partial charge in [0, 0.05) is 11.8 Å². The number of carboxylic acid groups (broad SMARTS) is 1. The molecule has 6 nitrogen and oxygen atoms in total. The highest BCUT2D eigenvalue weighted by molar-refractivity contribution is 6.36. The van der Waals surface area contributed by atoms with Gasteiger partial charge >= 0.3 is 5.97 Å². The monoisotopic (exact) mass is 405 g/mol. The highest BCUT2D eigenvalue weighted by atomic mass is 35.5. The average Bonchev–Trinajstić information content (AvgIpc) is 3.12. The van der Waals surface area contributed by atoms with Gasteiger partial charge in [-0.05, 0) is 35.4 Å². The standard InChI is InChI=1S/C22H16ClN3O3/c23-21-16(15-5-2-1-3-6-15)7-4-8-18(21)25-22-17-11-14(12-24-13-20(27)28)9-10-19(17)29-26-22/h1-12H,13H2,(H,25,26)(H,27,28). The maximum Gasteiger partial charge on any atom is 0.325 e. The van der Waals surface area contributed by atoms with Crippen LogP contribution >= 0.6 is 11.6 Å². The van der Waals surface area contributed by atoms with E-state index in [1.807, 2.05) is 54.6 Å². The minimum atomic E-state index is -0.984. The van der Waals surface area contributed by atoms with Crippen LogP contribution in [-0.4, -0.2) is 29.0 Å². The summed E-state index contributed by atoms with van der Waals surface area (Å²) in [6.07, 6.45) is 1.51. The molecule has 0 radical (unpaired) electrons. The Balaban J connectivity index is 1.66. The van der Waals surface area contributed by atoms with E-state index in [2.05, 4.69) is 15.5 Å². The van der Waals surface area contributed by atoms with Crippen molar-refractivity contribution >= 4 is 46.3 Å². The lowest BCUT2D eigenvalue weighted by Gasteiger charge is -2.10. The first-order valence-corrected chi connectivity index (χ1v) is 9.21. The third kappa shape index (κ3) is 4.12. The maximum atomic E-state index is 10.6. The molecule has 0 bridgehead atoms. The van der Waals surface area contributed by atoms with E-state index in [-0.39, 0.29) is 6.54 Å². The van der Waals surface area contributed by atoms with Gasteiger partial charge in [-0.1, -0.05) is 59.2 Å². The quantitative estimate of drug-likeness (QED) is 0.419. The molecule has 1 heterocycles. The fraction of sp³-hybridized carbons (Fsp3) is 0.0455. The van der Waals surface area contributed by atoms with Crippen molar-refractivity contribution < 1.29 is 14.4 Å². The summed E-state index contributed by atoms with van der Waals surface area (Å²) in [6, 6.07) is 21.0. The molecule has 2 N–H and O–H groups in total. The summed E-state index contributed by atoms with van der Waals surface area (Å²) < 4.78 is 5.38. The van der Waals surface area contributed by atoms with Crippen LogP contribution in [0.5, 0.6) is 0 Å². The zero-order chi connectivity index (χ0) is 20.2. The van der Waals surface area contributed by atoms with E-state index < -0.39 is 5.97 Å². The van der Waals surface area contributed by atoms with Gasteiger partial charge in [-0.15, -0.1) is 0 Å². The van der Waals surface area contributed by atoms with Gasteiger partial charge in [-0.25, -0.2) is 0 Å². The van der Waals surface area contributed by atoms with Crippen molar-refractivity contribution in [3.63, 3.8) is 0 Å². The number of aliphatic carboxylic acids is 1. The number of hydrogen-bond acceptors (Lipinski definition) is 5. The number of carboxylic acids is 1. The largest absolute Gasteiger partial charge is 0.480 e. The number of anilines is 2. The third-order valence-corrected chi connectivity index (χ3v) is 4.70. The molecule has 4 rings (SSSR count). The molecule has 29 heavy (non-hydrogen) atoms. The third-order valence-electron chi connectivity index (χ3n) is 4.30. The van der Waals surface area contributed by atoms with Crippen molar-refractivity contribution in [2.75, 3.05) is 11.9 Å². The molecule has 0 aliphatic rings. The van der Waals surface area contributed by atoms with Gasteiger partial charge in [0.1, 0.15) is 6.54 Å². The number of nitrogens with one attached hydrogen (secondary N) is 1. The molecule has 7 heteroatoms. The maximum absolute atomic E-state index is 10.6. The number of hydrogen-bond donors (Lipinski definition) is 2. The predicted octanol–water partition coefficient (Wildman–Crippen LogP) is 5.40. The number of aliphatic imine (C=N–C) groups is 1. The molecule has 0 spiro atoms. The molecule has 0 saturated carbocycles. The summed E-state index contributed by atoms with van der Waals surface area (Å²) in [5.74, 6) is -0.469. The van der Waals surface area contributed by atoms with Crippen LogP contribution in [0.2, 0.25) is 5.02 Å². The van der Waals surface area contributed by atoms with Crippen molar-refractivity contribution in [1.82, 2.24) is 5.16 Å². The van der Waals surface area contributed by atoms with Gasteiger partial charge in [0.2, 0.25) is 0 Å². The number of rotatable bonds is 6. The van der Waals surface area contributed by atoms with Crippen LogP contribution in [0.3, 0.4) is 0 Å². The Morgan fingerprint density at radius 2 is 1.97 bits per heavy atom. The van der Waals surface area contributed by atoms with Crippen LogP contribution in [0.15, 0.2) is 76.2 Å². The van der Waals surface area contributed by atoms with E-state index in [1.165, 1.54) is 6.21 Å². The lowest BCUT2D eigenvalue weighted by Crippen LogP contribution is -1.99. The van der Waals surface area contributed by atoms with Crippen LogP contribution < -0.4 is 5.32 Å². The minimum Gasteiger partial charge on any atom is -0.480 e. The van der Waals surface area contributed by atoms with E-state index in [9.17, 15) is 4.79 Å². The van der Waals surface area contributed by atoms with Crippen LogP contribution in [0, 0.1) is 0 Å². The SMILES string of the molecule is O=C(O)CN=Cc1ccc2onc(Nc3cccc(-c4ccccc4)c3Cl)c2c1. The highest BCUT2D eigenvalue weighted by Crippen LogP contribution is 2.36. The van der Waals surface area contributed by atoms with Gasteiger partial charge < -0.3 is 14.9 Å². The van der Waals surface area contributed by atoms with Crippen molar-refractivity contribution in [1.29, 1.82) is 0 Å². The van der Waals surface area contributed by atoms with Crippen molar-refractivity contribution in [2.24, 2.45) is 4.99 Å². The molecule has 0 amide bonds. The van der Waals surface area contributed by atoms with Gasteiger partial charge in [-0.2, -0.15) is 0 Å². The molecule has 1 aromatic heterocycles. The summed E-state index contributed by atoms with van der Waals surface area (Å²) in [5, 5.41) is 17.4. The molecular weight excluding hydrogens is 390 g/mol. The second-order valence-electron chi connectivity index (χ2n) is 6.31. The molecule has 0 unspecified atom stereocenters. The predicted molar refractivity (Wildman–Crippen MR) is 114 cm³/mol. The topological polar surface area (TPSA) is 87.7 Å². The fourth-order valence-corrected chi connectivity index (χ4v) is 3.23. The average molecular weight is 406 g/mol. The molecule has 0 atom stereocenters. The van der Waals surface area contributed by atoms with Crippen molar-refractivity contribution in [2.45, 2.75) is 0 Å². The van der Waals surface area contributed by atoms with Crippen molar-refractivity contribution in [3.05, 3.63) is 77.3 Å². The van der Waals surface area contributed by atoms with Gasteiger partial charge in [0.25, 0.3) is 0 Å². The van der Waals surface area contributed by atoms with Gasteiger partial charge in [-0.3, -0.25) is 9.79 Å². The first-order valence-electron chi connectivity index (χ1n) is 8.84. The van der Waals surface area contributed by atoms with Crippen LogP contribution in [0.25, 0.3) is 22.1 Å². The number of fused-ring (bicyclic) bond motifs is 1. The zero-order valence-corrected chi connectivity index (χ0v) is 15.9. The molecular formula is C22H16ClN3O3. The Labute approximate surface area is 171 Å². The second kappa shape index (κ2) is 8.16. The Kier molecular flexibility index (Phi) is 5.27. The number of benzene rings is 3. The second-order valence-corrected chi connectivity index (χ2v) is 6.69. The Hall–Kier alpha value is -3.64. The summed E-state index contributed by atoms with van der Waals surface area (Å²) >= 11 is 6.64. The summed E-state index contributed by atoms with van der Waals surface area (Å²) in [5.41, 5.74) is 3.97. The van der Waals surface area contributed by atoms with E-state index in [0.717, 1.165) is 22.1 Å². The molecule has 0 saturated heterocycles. The van der Waals surface area contributed by atoms with E-state index >= 15 is 0 Å². The molecule has 0 aliphatic heterocycles.